The van der Waals surface area contributed by atoms with Crippen molar-refractivity contribution in [2.45, 2.75) is 0 Å². The number of carbonyl (C=O) groups excluding carboxylic acids is 1. The number of nitrogens with zero attached hydrogens (tertiary/aromatic N) is 2. The van der Waals surface area contributed by atoms with E-state index in [1.165, 1.54) is 48.5 Å². The van der Waals surface area contributed by atoms with E-state index >= 15 is 0 Å². The molecule has 0 aliphatic carbocycles. The molecule has 0 amide bonds. The summed E-state index contributed by atoms with van der Waals surface area (Å²) >= 11 is 0. The van der Waals surface area contributed by atoms with Crippen molar-refractivity contribution in [2.75, 3.05) is 0 Å². The Balaban J connectivity index is 1.90. The molecule has 0 fully saturated rings. The van der Waals surface area contributed by atoms with Crippen LogP contribution in [0.3, 0.4) is 0 Å². The Bertz CT molecular complexity index is 857. The largest absolute Gasteiger partial charge is 0.402 e. The molecule has 0 unspecified atom stereocenters. The number of benzene rings is 2. The summed E-state index contributed by atoms with van der Waals surface area (Å²) in [5.41, 5.74) is 0.871. The molecule has 3 rings (SSSR count). The molecule has 114 valence electrons. The van der Waals surface area contributed by atoms with Gasteiger partial charge in [0.25, 0.3) is 5.69 Å². The van der Waals surface area contributed by atoms with Crippen LogP contribution >= 0.6 is 0 Å². The average Bonchev–Trinajstić information content (AvgIpc) is 2.88. The molecule has 7 heteroatoms. The Hall–Kier alpha value is -3.35. The predicted octanol–water partition coefficient (Wildman–Crippen LogP) is 3.08. The maximum atomic E-state index is 13.1. The van der Waals surface area contributed by atoms with E-state index in [1.54, 1.807) is 6.07 Å². The number of nitro groups is 1. The van der Waals surface area contributed by atoms with E-state index in [0.717, 1.165) is 0 Å². The molecule has 0 aromatic heterocycles. The zero-order valence-electron chi connectivity index (χ0n) is 11.6. The molecule has 0 bridgehead atoms. The number of carbonyl (C=O) groups is 1. The second-order valence-electron chi connectivity index (χ2n) is 4.70. The highest BCUT2D eigenvalue weighted by Gasteiger charge is 2.24. The summed E-state index contributed by atoms with van der Waals surface area (Å²) in [5, 5.41) is 10.6. The van der Waals surface area contributed by atoms with Crippen molar-refractivity contribution in [3.8, 4) is 0 Å². The SMILES string of the molecule is O=C1OC(c2ccc([N+](=O)[O-])cc2)=NC1=Cc1cccc(F)c1. The standard InChI is InChI=1S/C16H9FN2O4/c17-12-3-1-2-10(8-12)9-14-16(20)23-15(18-14)11-4-6-13(7-5-11)19(21)22/h1-9H. The van der Waals surface area contributed by atoms with Gasteiger partial charge < -0.3 is 4.74 Å². The van der Waals surface area contributed by atoms with E-state index in [1.807, 2.05) is 0 Å². The topological polar surface area (TPSA) is 81.8 Å². The molecule has 0 radical (unpaired) electrons. The molecule has 1 aliphatic rings. The molecule has 0 saturated heterocycles. The number of rotatable bonds is 3. The lowest BCUT2D eigenvalue weighted by Gasteiger charge is -1.98. The van der Waals surface area contributed by atoms with Gasteiger partial charge in [0.05, 0.1) is 4.92 Å². The van der Waals surface area contributed by atoms with Crippen molar-refractivity contribution in [3.05, 3.63) is 81.3 Å². The van der Waals surface area contributed by atoms with Crippen molar-refractivity contribution in [3.63, 3.8) is 0 Å². The first-order valence-electron chi connectivity index (χ1n) is 6.56. The monoisotopic (exact) mass is 312 g/mol. The first-order valence-corrected chi connectivity index (χ1v) is 6.56. The lowest BCUT2D eigenvalue weighted by Crippen LogP contribution is -2.05. The third-order valence-corrected chi connectivity index (χ3v) is 3.10. The quantitative estimate of drug-likeness (QED) is 0.377. The Morgan fingerprint density at radius 1 is 1.17 bits per heavy atom. The number of ether oxygens (including phenoxy) is 1. The Morgan fingerprint density at radius 3 is 2.57 bits per heavy atom. The van der Waals surface area contributed by atoms with Gasteiger partial charge >= 0.3 is 5.97 Å². The van der Waals surface area contributed by atoms with Crippen LogP contribution in [0.1, 0.15) is 11.1 Å². The molecule has 0 N–H and O–H groups in total. The predicted molar refractivity (Wildman–Crippen MR) is 80.1 cm³/mol. The Morgan fingerprint density at radius 2 is 1.91 bits per heavy atom. The van der Waals surface area contributed by atoms with Crippen LogP contribution in [0.4, 0.5) is 10.1 Å². The Kier molecular flexibility index (Phi) is 3.68. The number of esters is 1. The molecule has 1 heterocycles. The van der Waals surface area contributed by atoms with Gasteiger partial charge in [-0.05, 0) is 35.9 Å². The number of non-ortho nitro benzene ring substituents is 1. The highest BCUT2D eigenvalue weighted by atomic mass is 19.1. The smallest absolute Gasteiger partial charge is 0.363 e. The van der Waals surface area contributed by atoms with Crippen LogP contribution < -0.4 is 0 Å². The summed E-state index contributed by atoms with van der Waals surface area (Å²) in [5.74, 6) is -1.04. The maximum absolute atomic E-state index is 13.1. The normalized spacial score (nSPS) is 15.4. The van der Waals surface area contributed by atoms with Crippen molar-refractivity contribution in [1.82, 2.24) is 0 Å². The van der Waals surface area contributed by atoms with Gasteiger partial charge in [0, 0.05) is 17.7 Å². The van der Waals surface area contributed by atoms with Crippen LogP contribution in [0.5, 0.6) is 0 Å². The molecule has 2 aromatic carbocycles. The van der Waals surface area contributed by atoms with E-state index in [4.69, 9.17) is 4.74 Å². The molecule has 0 spiro atoms. The lowest BCUT2D eigenvalue weighted by molar-refractivity contribution is -0.384. The number of hydrogen-bond donors (Lipinski definition) is 0. The van der Waals surface area contributed by atoms with Gasteiger partial charge in [-0.3, -0.25) is 10.1 Å². The van der Waals surface area contributed by atoms with Gasteiger partial charge in [0.15, 0.2) is 5.70 Å². The zero-order chi connectivity index (χ0) is 16.4. The summed E-state index contributed by atoms with van der Waals surface area (Å²) < 4.78 is 18.2. The van der Waals surface area contributed by atoms with Gasteiger partial charge in [0.1, 0.15) is 5.82 Å². The van der Waals surface area contributed by atoms with Crippen LogP contribution in [0.2, 0.25) is 0 Å². The fourth-order valence-electron chi connectivity index (χ4n) is 2.01. The second kappa shape index (κ2) is 5.80. The van der Waals surface area contributed by atoms with Crippen molar-refractivity contribution in [2.24, 2.45) is 4.99 Å². The van der Waals surface area contributed by atoms with Crippen LogP contribution in [0, 0.1) is 15.9 Å². The molecule has 23 heavy (non-hydrogen) atoms. The van der Waals surface area contributed by atoms with Crippen LogP contribution in [0.25, 0.3) is 6.08 Å². The lowest BCUT2D eigenvalue weighted by atomic mass is 10.2. The first-order chi connectivity index (χ1) is 11.0. The van der Waals surface area contributed by atoms with Gasteiger partial charge in [-0.2, -0.15) is 0 Å². The summed E-state index contributed by atoms with van der Waals surface area (Å²) in [4.78, 5) is 26.0. The molecule has 2 aromatic rings. The third kappa shape index (κ3) is 3.13. The van der Waals surface area contributed by atoms with Gasteiger partial charge in [-0.15, -0.1) is 0 Å². The summed E-state index contributed by atoms with van der Waals surface area (Å²) in [6.45, 7) is 0. The summed E-state index contributed by atoms with van der Waals surface area (Å²) in [7, 11) is 0. The van der Waals surface area contributed by atoms with E-state index in [0.29, 0.717) is 11.1 Å². The van der Waals surface area contributed by atoms with E-state index in [9.17, 15) is 19.3 Å². The highest BCUT2D eigenvalue weighted by molar-refractivity contribution is 6.12. The minimum Gasteiger partial charge on any atom is -0.402 e. The van der Waals surface area contributed by atoms with Gasteiger partial charge in [0.2, 0.25) is 5.90 Å². The number of hydrogen-bond acceptors (Lipinski definition) is 5. The number of cyclic esters (lactones) is 1. The molecular weight excluding hydrogens is 303 g/mol. The fraction of sp³-hybridized carbons (Fsp3) is 0. The highest BCUT2D eigenvalue weighted by Crippen LogP contribution is 2.21. The zero-order valence-corrected chi connectivity index (χ0v) is 11.6. The van der Waals surface area contributed by atoms with Crippen LogP contribution in [-0.2, 0) is 9.53 Å². The molecule has 0 atom stereocenters. The second-order valence-corrected chi connectivity index (χ2v) is 4.70. The maximum Gasteiger partial charge on any atom is 0.363 e. The molecule has 1 aliphatic heterocycles. The minimum absolute atomic E-state index is 0.0314. The number of halogens is 1. The van der Waals surface area contributed by atoms with E-state index < -0.39 is 16.7 Å². The van der Waals surface area contributed by atoms with Crippen molar-refractivity contribution >= 4 is 23.6 Å². The number of nitro benzene ring substituents is 1. The van der Waals surface area contributed by atoms with Gasteiger partial charge in [-0.1, -0.05) is 12.1 Å². The van der Waals surface area contributed by atoms with E-state index in [2.05, 4.69) is 4.99 Å². The third-order valence-electron chi connectivity index (χ3n) is 3.10. The Labute approximate surface area is 129 Å². The summed E-state index contributed by atoms with van der Waals surface area (Å²) in [6.07, 6.45) is 1.41. The average molecular weight is 312 g/mol. The number of aliphatic imine (C=N–C) groups is 1. The van der Waals surface area contributed by atoms with Crippen molar-refractivity contribution in [1.29, 1.82) is 0 Å². The molecule has 6 nitrogen and oxygen atoms in total. The first kappa shape index (κ1) is 14.6. The molecule has 0 saturated carbocycles. The van der Waals surface area contributed by atoms with Crippen molar-refractivity contribution < 1.29 is 18.8 Å². The van der Waals surface area contributed by atoms with Crippen LogP contribution in [0.15, 0.2) is 59.2 Å². The summed E-state index contributed by atoms with van der Waals surface area (Å²) in [6, 6.07) is 11.2. The van der Waals surface area contributed by atoms with Crippen LogP contribution in [-0.4, -0.2) is 16.8 Å². The minimum atomic E-state index is -0.664. The fourth-order valence-corrected chi connectivity index (χ4v) is 2.01. The van der Waals surface area contributed by atoms with Gasteiger partial charge in [-0.25, -0.2) is 14.2 Å². The molecular formula is C16H9FN2O4. The van der Waals surface area contributed by atoms with E-state index in [-0.39, 0.29) is 17.3 Å².